The van der Waals surface area contributed by atoms with Gasteiger partial charge in [-0.15, -0.1) is 0 Å². The largest absolute Gasteiger partial charge is 0.481 e. The Bertz CT molecular complexity index is 439. The van der Waals surface area contributed by atoms with Crippen molar-refractivity contribution < 1.29 is 27.5 Å². The summed E-state index contributed by atoms with van der Waals surface area (Å²) in [6.07, 6.45) is 4.85. The third-order valence-corrected chi connectivity index (χ3v) is 6.38. The predicted octanol–water partition coefficient (Wildman–Crippen LogP) is 5.61. The lowest BCUT2D eigenvalue weighted by Gasteiger charge is -2.45. The summed E-state index contributed by atoms with van der Waals surface area (Å²) in [6.45, 7) is 2.36. The van der Waals surface area contributed by atoms with Crippen molar-refractivity contribution in [3.8, 4) is 0 Å². The maximum atomic E-state index is 14.5. The van der Waals surface area contributed by atoms with Crippen LogP contribution in [0.5, 0.6) is 0 Å². The Kier molecular flexibility index (Phi) is 5.86. The minimum Gasteiger partial charge on any atom is -0.481 e. The quantitative estimate of drug-likeness (QED) is 0.653. The molecule has 0 spiro atoms. The molecular weight excluding hydrogens is 324 g/mol. The second-order valence-electron chi connectivity index (χ2n) is 7.82. The number of hydrogen-bond acceptors (Lipinski definition) is 1. The summed E-state index contributed by atoms with van der Waals surface area (Å²) >= 11 is 0. The minimum atomic E-state index is -4.16. The Morgan fingerprint density at radius 3 is 2.08 bits per heavy atom. The lowest BCUT2D eigenvalue weighted by molar-refractivity contribution is -0.247. The molecule has 0 aromatic rings. The lowest BCUT2D eigenvalue weighted by Crippen LogP contribution is -2.51. The lowest BCUT2D eigenvalue weighted by atomic mass is 9.62. The maximum Gasteiger partial charge on any atom is 0.312 e. The second kappa shape index (κ2) is 7.20. The van der Waals surface area contributed by atoms with E-state index >= 15 is 0 Å². The van der Waals surface area contributed by atoms with E-state index in [4.69, 9.17) is 5.11 Å². The Morgan fingerprint density at radius 1 is 1.04 bits per heavy atom. The highest BCUT2D eigenvalue weighted by Gasteiger charge is 2.61. The molecule has 3 atom stereocenters. The monoisotopic (exact) mass is 352 g/mol. The van der Waals surface area contributed by atoms with Crippen molar-refractivity contribution in [1.29, 1.82) is 0 Å². The van der Waals surface area contributed by atoms with Crippen LogP contribution in [0.1, 0.15) is 65.2 Å². The fourth-order valence-electron chi connectivity index (χ4n) is 4.75. The van der Waals surface area contributed by atoms with E-state index in [1.807, 2.05) is 0 Å². The number of alkyl halides is 4. The Balaban J connectivity index is 2.20. The molecule has 1 N–H and O–H groups in total. The molecule has 6 heteroatoms. The van der Waals surface area contributed by atoms with Gasteiger partial charge in [-0.2, -0.15) is 8.78 Å². The third-order valence-electron chi connectivity index (χ3n) is 6.38. The van der Waals surface area contributed by atoms with Gasteiger partial charge in [0.1, 0.15) is 0 Å². The highest BCUT2D eigenvalue weighted by Crippen LogP contribution is 2.53. The summed E-state index contributed by atoms with van der Waals surface area (Å²) in [5.74, 6) is -11.8. The molecule has 2 fully saturated rings. The molecule has 2 rings (SSSR count). The van der Waals surface area contributed by atoms with Crippen molar-refractivity contribution in [2.75, 3.05) is 0 Å². The molecule has 1 unspecified atom stereocenters. The van der Waals surface area contributed by atoms with Crippen LogP contribution in [0.3, 0.4) is 0 Å². The van der Waals surface area contributed by atoms with E-state index < -0.39 is 35.6 Å². The normalized spacial score (nSPS) is 35.7. The molecule has 24 heavy (non-hydrogen) atoms. The first kappa shape index (κ1) is 19.5. The van der Waals surface area contributed by atoms with Crippen LogP contribution in [0.4, 0.5) is 17.6 Å². The van der Waals surface area contributed by atoms with E-state index in [0.717, 1.165) is 32.1 Å². The number of halogens is 4. The van der Waals surface area contributed by atoms with Crippen LogP contribution >= 0.6 is 0 Å². The second-order valence-corrected chi connectivity index (χ2v) is 7.82. The molecule has 0 aliphatic heterocycles. The minimum absolute atomic E-state index is 0.0146. The summed E-state index contributed by atoms with van der Waals surface area (Å²) in [5.41, 5.74) is 0. The topological polar surface area (TPSA) is 37.3 Å². The van der Waals surface area contributed by atoms with Crippen molar-refractivity contribution >= 4 is 5.97 Å². The van der Waals surface area contributed by atoms with Crippen molar-refractivity contribution in [2.45, 2.75) is 77.1 Å². The van der Waals surface area contributed by atoms with Crippen LogP contribution in [-0.4, -0.2) is 22.9 Å². The van der Waals surface area contributed by atoms with Gasteiger partial charge in [0.05, 0.1) is 5.92 Å². The molecule has 0 heterocycles. The number of carboxylic acids is 1. The molecule has 0 radical (unpaired) electrons. The van der Waals surface area contributed by atoms with E-state index in [1.54, 1.807) is 0 Å². The van der Waals surface area contributed by atoms with Gasteiger partial charge >= 0.3 is 17.8 Å². The molecule has 2 nitrogen and oxygen atoms in total. The summed E-state index contributed by atoms with van der Waals surface area (Å²) in [7, 11) is 0. The van der Waals surface area contributed by atoms with Gasteiger partial charge in [0.15, 0.2) is 0 Å². The average Bonchev–Trinajstić information content (AvgIpc) is 2.53. The van der Waals surface area contributed by atoms with Gasteiger partial charge in [0, 0.05) is 12.8 Å². The van der Waals surface area contributed by atoms with E-state index in [9.17, 15) is 22.4 Å². The fourth-order valence-corrected chi connectivity index (χ4v) is 4.75. The zero-order valence-corrected chi connectivity index (χ0v) is 14.4. The van der Waals surface area contributed by atoms with Gasteiger partial charge in [-0.3, -0.25) is 4.79 Å². The van der Waals surface area contributed by atoms with Gasteiger partial charge in [0.25, 0.3) is 0 Å². The Morgan fingerprint density at radius 2 is 1.62 bits per heavy atom. The number of carboxylic acid groups (broad SMARTS) is 1. The van der Waals surface area contributed by atoms with Crippen LogP contribution in [0.25, 0.3) is 0 Å². The van der Waals surface area contributed by atoms with Crippen molar-refractivity contribution in [3.63, 3.8) is 0 Å². The van der Waals surface area contributed by atoms with Crippen LogP contribution in [0.2, 0.25) is 0 Å². The number of carbonyl (C=O) groups is 1. The van der Waals surface area contributed by atoms with Gasteiger partial charge in [0.2, 0.25) is 0 Å². The van der Waals surface area contributed by atoms with E-state index in [1.165, 1.54) is 0 Å². The van der Waals surface area contributed by atoms with Crippen LogP contribution < -0.4 is 0 Å². The molecule has 0 aromatic heterocycles. The van der Waals surface area contributed by atoms with Crippen LogP contribution in [0, 0.1) is 29.6 Å². The summed E-state index contributed by atoms with van der Waals surface area (Å²) < 4.78 is 56.1. The maximum absolute atomic E-state index is 14.5. The predicted molar refractivity (Wildman–Crippen MR) is 83.3 cm³/mol. The third kappa shape index (κ3) is 3.88. The first-order chi connectivity index (χ1) is 11.1. The number of hydrogen-bond donors (Lipinski definition) is 1. The van der Waals surface area contributed by atoms with Crippen molar-refractivity contribution in [1.82, 2.24) is 0 Å². The average molecular weight is 352 g/mol. The van der Waals surface area contributed by atoms with Crippen LogP contribution in [-0.2, 0) is 4.79 Å². The molecule has 2 aliphatic rings. The Labute approximate surface area is 141 Å². The van der Waals surface area contributed by atoms with Crippen LogP contribution in [0.15, 0.2) is 0 Å². The standard InChI is InChI=1S/C18H28F4O2/c1-3-11-4-6-12(7-5-11)14-9-8-13(16(23)24)10-15(14)18(21,22)17(2,19)20/h11-15H,3-10H2,1-2H3,(H,23,24)/t11?,12?,13?,14-,15+/m1/s1. The summed E-state index contributed by atoms with van der Waals surface area (Å²) in [5, 5.41) is 9.16. The molecule has 140 valence electrons. The smallest absolute Gasteiger partial charge is 0.312 e. The molecule has 0 amide bonds. The van der Waals surface area contributed by atoms with Gasteiger partial charge in [-0.05, 0) is 49.9 Å². The van der Waals surface area contributed by atoms with Gasteiger partial charge < -0.3 is 5.11 Å². The van der Waals surface area contributed by atoms with E-state index in [2.05, 4.69) is 6.92 Å². The molecule has 0 bridgehead atoms. The summed E-state index contributed by atoms with van der Waals surface area (Å²) in [4.78, 5) is 11.2. The number of rotatable bonds is 5. The molecule has 0 aromatic carbocycles. The zero-order chi connectivity index (χ0) is 18.1. The molecular formula is C18H28F4O2. The SMILES string of the molecule is CCC1CCC([C@H]2CCC(C(=O)O)C[C@@H]2C(F)(F)C(C)(F)F)CC1. The first-order valence-electron chi connectivity index (χ1n) is 9.06. The van der Waals surface area contributed by atoms with E-state index in [0.29, 0.717) is 18.8 Å². The molecule has 2 aliphatic carbocycles. The molecule has 0 saturated heterocycles. The first-order valence-corrected chi connectivity index (χ1v) is 9.06. The van der Waals surface area contributed by atoms with Crippen molar-refractivity contribution in [2.24, 2.45) is 29.6 Å². The van der Waals surface area contributed by atoms with Gasteiger partial charge in [-0.25, -0.2) is 8.78 Å². The highest BCUT2D eigenvalue weighted by molar-refractivity contribution is 5.70. The number of aliphatic carboxylic acids is 1. The zero-order valence-electron chi connectivity index (χ0n) is 14.4. The fraction of sp³-hybridized carbons (Fsp3) is 0.944. The van der Waals surface area contributed by atoms with Gasteiger partial charge in [-0.1, -0.05) is 26.2 Å². The van der Waals surface area contributed by atoms with E-state index in [-0.39, 0.29) is 19.3 Å². The molecule has 2 saturated carbocycles. The summed E-state index contributed by atoms with van der Waals surface area (Å²) in [6, 6.07) is 0. The highest BCUT2D eigenvalue weighted by atomic mass is 19.3. The Hall–Kier alpha value is -0.810. The van der Waals surface area contributed by atoms with Crippen molar-refractivity contribution in [3.05, 3.63) is 0 Å².